The number of ether oxygens (including phenoxy) is 1. The molecule has 2 N–H and O–H groups in total. The number of benzene rings is 1. The Kier molecular flexibility index (Phi) is 6.21. The Morgan fingerprint density at radius 3 is 2.38 bits per heavy atom. The van der Waals surface area contributed by atoms with Crippen molar-refractivity contribution in [3.63, 3.8) is 0 Å². The Hall–Kier alpha value is -2.04. The molecular weight excluding hydrogens is 270 g/mol. The van der Waals surface area contributed by atoms with Gasteiger partial charge >= 0.3 is 5.97 Å². The zero-order chi connectivity index (χ0) is 15.9. The average Bonchev–Trinajstić information content (AvgIpc) is 2.37. The Labute approximate surface area is 125 Å². The van der Waals surface area contributed by atoms with E-state index in [2.05, 4.69) is 5.32 Å². The van der Waals surface area contributed by atoms with Crippen molar-refractivity contribution in [2.24, 2.45) is 11.3 Å². The van der Waals surface area contributed by atoms with Crippen LogP contribution in [0, 0.1) is 11.3 Å². The number of amides is 1. The van der Waals surface area contributed by atoms with E-state index in [0.717, 1.165) is 5.75 Å². The maximum absolute atomic E-state index is 11.9. The molecule has 116 valence electrons. The van der Waals surface area contributed by atoms with E-state index in [0.29, 0.717) is 19.6 Å². The summed E-state index contributed by atoms with van der Waals surface area (Å²) in [6.07, 6.45) is 0.622. The number of nitrogens with one attached hydrogen (secondary N) is 1. The summed E-state index contributed by atoms with van der Waals surface area (Å²) in [5.41, 5.74) is -0.615. The summed E-state index contributed by atoms with van der Waals surface area (Å²) in [6, 6.07) is 9.40. The second-order valence-corrected chi connectivity index (χ2v) is 5.94. The van der Waals surface area contributed by atoms with Crippen LogP contribution in [0.3, 0.4) is 0 Å². The second-order valence-electron chi connectivity index (χ2n) is 5.94. The van der Waals surface area contributed by atoms with E-state index < -0.39 is 23.2 Å². The van der Waals surface area contributed by atoms with Crippen LogP contribution in [0.5, 0.6) is 5.75 Å². The fraction of sp³-hybridized carbons (Fsp3) is 0.500. The van der Waals surface area contributed by atoms with Crippen LogP contribution in [0.4, 0.5) is 0 Å². The molecule has 0 radical (unpaired) electrons. The Balaban J connectivity index is 2.31. The average molecular weight is 293 g/mol. The molecule has 1 rings (SSSR count). The molecule has 0 bridgehead atoms. The Morgan fingerprint density at radius 2 is 1.86 bits per heavy atom. The highest BCUT2D eigenvalue weighted by atomic mass is 16.5. The maximum atomic E-state index is 11.9. The molecule has 0 aromatic heterocycles. The van der Waals surface area contributed by atoms with Crippen molar-refractivity contribution in [1.29, 1.82) is 0 Å². The van der Waals surface area contributed by atoms with Crippen molar-refractivity contribution in [2.75, 3.05) is 13.2 Å². The van der Waals surface area contributed by atoms with Gasteiger partial charge in [0.2, 0.25) is 5.91 Å². The van der Waals surface area contributed by atoms with Crippen LogP contribution in [-0.4, -0.2) is 30.1 Å². The molecule has 0 aliphatic carbocycles. The molecule has 1 aromatic rings. The highest BCUT2D eigenvalue weighted by Gasteiger charge is 2.37. The summed E-state index contributed by atoms with van der Waals surface area (Å²) >= 11 is 0. The first kappa shape index (κ1) is 17.0. The topological polar surface area (TPSA) is 75.6 Å². The highest BCUT2D eigenvalue weighted by molar-refractivity contribution is 5.97. The van der Waals surface area contributed by atoms with Gasteiger partial charge in [0.15, 0.2) is 0 Å². The molecule has 1 unspecified atom stereocenters. The lowest BCUT2D eigenvalue weighted by Crippen LogP contribution is -2.43. The second kappa shape index (κ2) is 7.67. The number of aliphatic carboxylic acids is 1. The molecule has 1 amide bonds. The van der Waals surface area contributed by atoms with Gasteiger partial charge < -0.3 is 15.2 Å². The van der Waals surface area contributed by atoms with E-state index >= 15 is 0 Å². The van der Waals surface area contributed by atoms with Crippen LogP contribution in [0.2, 0.25) is 0 Å². The van der Waals surface area contributed by atoms with Gasteiger partial charge in [-0.15, -0.1) is 0 Å². The molecule has 21 heavy (non-hydrogen) atoms. The van der Waals surface area contributed by atoms with Crippen LogP contribution >= 0.6 is 0 Å². The smallest absolute Gasteiger partial charge is 0.316 e. The number of rotatable bonds is 7. The lowest BCUT2D eigenvalue weighted by Gasteiger charge is -2.25. The van der Waals surface area contributed by atoms with E-state index in [4.69, 9.17) is 9.84 Å². The quantitative estimate of drug-likeness (QED) is 0.597. The molecule has 1 aromatic carbocycles. The number of hydrogen-bond donors (Lipinski definition) is 2. The number of carboxylic acids is 1. The third-order valence-corrected chi connectivity index (χ3v) is 3.01. The number of hydrogen-bond acceptors (Lipinski definition) is 3. The van der Waals surface area contributed by atoms with Gasteiger partial charge in [-0.2, -0.15) is 0 Å². The van der Waals surface area contributed by atoms with E-state index in [1.807, 2.05) is 30.3 Å². The summed E-state index contributed by atoms with van der Waals surface area (Å²) in [5.74, 6) is -1.82. The summed E-state index contributed by atoms with van der Waals surface area (Å²) in [7, 11) is 0. The van der Waals surface area contributed by atoms with E-state index in [1.54, 1.807) is 20.8 Å². The fourth-order valence-electron chi connectivity index (χ4n) is 1.97. The normalized spacial score (nSPS) is 12.5. The van der Waals surface area contributed by atoms with Crippen LogP contribution < -0.4 is 10.1 Å². The van der Waals surface area contributed by atoms with E-state index in [-0.39, 0.29) is 0 Å². The minimum absolute atomic E-state index is 0.394. The number of para-hydroxylation sites is 1. The fourth-order valence-corrected chi connectivity index (χ4v) is 1.97. The van der Waals surface area contributed by atoms with Gasteiger partial charge in [-0.05, 0) is 24.0 Å². The van der Waals surface area contributed by atoms with Crippen molar-refractivity contribution >= 4 is 11.9 Å². The summed E-state index contributed by atoms with van der Waals surface area (Å²) < 4.78 is 5.50. The Bertz CT molecular complexity index is 465. The summed E-state index contributed by atoms with van der Waals surface area (Å²) in [5, 5.41) is 11.8. The highest BCUT2D eigenvalue weighted by Crippen LogP contribution is 2.26. The molecule has 0 aliphatic heterocycles. The molecule has 1 atom stereocenters. The minimum Gasteiger partial charge on any atom is -0.494 e. The van der Waals surface area contributed by atoms with Crippen molar-refractivity contribution in [3.8, 4) is 5.75 Å². The SMILES string of the molecule is CC(C)(C)C(C(=O)O)C(=O)NCCCOc1ccccc1. The van der Waals surface area contributed by atoms with Crippen LogP contribution in [-0.2, 0) is 9.59 Å². The first-order chi connectivity index (χ1) is 9.82. The first-order valence-corrected chi connectivity index (χ1v) is 7.00. The largest absolute Gasteiger partial charge is 0.494 e. The zero-order valence-electron chi connectivity index (χ0n) is 12.8. The molecule has 5 heteroatoms. The van der Waals surface area contributed by atoms with Gasteiger partial charge in [-0.1, -0.05) is 39.0 Å². The van der Waals surface area contributed by atoms with Gasteiger partial charge in [0.1, 0.15) is 11.7 Å². The molecule has 5 nitrogen and oxygen atoms in total. The molecule has 0 saturated heterocycles. The van der Waals surface area contributed by atoms with Gasteiger partial charge in [-0.3, -0.25) is 9.59 Å². The van der Waals surface area contributed by atoms with Gasteiger partial charge in [0, 0.05) is 6.54 Å². The van der Waals surface area contributed by atoms with E-state index in [1.165, 1.54) is 0 Å². The van der Waals surface area contributed by atoms with Crippen molar-refractivity contribution in [2.45, 2.75) is 27.2 Å². The monoisotopic (exact) mass is 293 g/mol. The number of carbonyl (C=O) groups excluding carboxylic acids is 1. The molecule has 0 fully saturated rings. The van der Waals surface area contributed by atoms with Gasteiger partial charge in [0.05, 0.1) is 6.61 Å². The van der Waals surface area contributed by atoms with Gasteiger partial charge in [-0.25, -0.2) is 0 Å². The summed E-state index contributed by atoms with van der Waals surface area (Å²) in [4.78, 5) is 23.1. The molecular formula is C16H23NO4. The third kappa shape index (κ3) is 5.85. The zero-order valence-corrected chi connectivity index (χ0v) is 12.8. The molecule has 0 heterocycles. The predicted octanol–water partition coefficient (Wildman–Crippen LogP) is 2.32. The van der Waals surface area contributed by atoms with Crippen LogP contribution in [0.25, 0.3) is 0 Å². The number of carbonyl (C=O) groups is 2. The standard InChI is InChI=1S/C16H23NO4/c1-16(2,3)13(15(19)20)14(18)17-10-7-11-21-12-8-5-4-6-9-12/h4-6,8-9,13H,7,10-11H2,1-3H3,(H,17,18)(H,19,20). The summed E-state index contributed by atoms with van der Waals surface area (Å²) in [6.45, 7) is 6.08. The van der Waals surface area contributed by atoms with Crippen molar-refractivity contribution in [1.82, 2.24) is 5.32 Å². The molecule has 0 spiro atoms. The van der Waals surface area contributed by atoms with Crippen LogP contribution in [0.1, 0.15) is 27.2 Å². The predicted molar refractivity (Wildman–Crippen MR) is 80.1 cm³/mol. The maximum Gasteiger partial charge on any atom is 0.316 e. The first-order valence-electron chi connectivity index (χ1n) is 7.00. The number of carboxylic acid groups (broad SMARTS) is 1. The third-order valence-electron chi connectivity index (χ3n) is 3.01. The van der Waals surface area contributed by atoms with Gasteiger partial charge in [0.25, 0.3) is 0 Å². The molecule has 0 aliphatic rings. The van der Waals surface area contributed by atoms with Crippen molar-refractivity contribution < 1.29 is 19.4 Å². The van der Waals surface area contributed by atoms with Crippen LogP contribution in [0.15, 0.2) is 30.3 Å². The lowest BCUT2D eigenvalue weighted by atomic mass is 9.80. The van der Waals surface area contributed by atoms with E-state index in [9.17, 15) is 9.59 Å². The Morgan fingerprint density at radius 1 is 1.24 bits per heavy atom. The minimum atomic E-state index is -1.10. The lowest BCUT2D eigenvalue weighted by molar-refractivity contribution is -0.151. The molecule has 0 saturated carbocycles. The van der Waals surface area contributed by atoms with Crippen molar-refractivity contribution in [3.05, 3.63) is 30.3 Å².